The molecule has 0 bridgehead atoms. The lowest BCUT2D eigenvalue weighted by molar-refractivity contribution is 0.347. The largest absolute Gasteiger partial charge is 0.508 e. The molecule has 0 aromatic heterocycles. The highest BCUT2D eigenvalue weighted by Gasteiger charge is 2.19. The molecule has 1 aliphatic rings. The molecule has 110 valence electrons. The topological polar surface area (TPSA) is 20.2 Å². The van der Waals surface area contributed by atoms with Crippen molar-refractivity contribution in [3.63, 3.8) is 0 Å². The molecule has 1 aromatic rings. The highest BCUT2D eigenvalue weighted by Crippen LogP contribution is 2.35. The summed E-state index contributed by atoms with van der Waals surface area (Å²) in [5.41, 5.74) is 1.40. The van der Waals surface area contributed by atoms with Gasteiger partial charge in [0.25, 0.3) is 0 Å². The monoisotopic (exact) mass is 264 g/mol. The van der Waals surface area contributed by atoms with Gasteiger partial charge in [0, 0.05) is 0 Å². The van der Waals surface area contributed by atoms with Crippen LogP contribution >= 0.6 is 0 Å². The predicted molar refractivity (Wildman–Crippen MR) is 85.8 cm³/mol. The minimum Gasteiger partial charge on any atom is -0.508 e. The molecule has 0 amide bonds. The Labute approximate surface area is 120 Å². The highest BCUT2D eigenvalue weighted by molar-refractivity contribution is 5.28. The Balaban J connectivity index is 0.000000573. The molecule has 1 aliphatic carbocycles. The Kier molecular flexibility index (Phi) is 10.3. The summed E-state index contributed by atoms with van der Waals surface area (Å²) < 4.78 is 0. The zero-order chi connectivity index (χ0) is 14.7. The number of phenolic OH excluding ortho intramolecular Hbond substituents is 1. The van der Waals surface area contributed by atoms with Crippen LogP contribution in [0.3, 0.4) is 0 Å². The van der Waals surface area contributed by atoms with E-state index >= 15 is 0 Å². The van der Waals surface area contributed by atoms with E-state index in [0.29, 0.717) is 5.75 Å². The molecule has 0 atom stereocenters. The fourth-order valence-corrected chi connectivity index (χ4v) is 2.34. The molecule has 1 N–H and O–H groups in total. The van der Waals surface area contributed by atoms with Crippen LogP contribution in [0.15, 0.2) is 24.3 Å². The van der Waals surface area contributed by atoms with Crippen LogP contribution in [0, 0.1) is 5.92 Å². The van der Waals surface area contributed by atoms with Crippen molar-refractivity contribution >= 4 is 0 Å². The summed E-state index contributed by atoms with van der Waals surface area (Å²) in [6.45, 7) is 10.6. The molecule has 0 radical (unpaired) electrons. The first-order valence-corrected chi connectivity index (χ1v) is 7.96. The van der Waals surface area contributed by atoms with Crippen molar-refractivity contribution in [3.05, 3.63) is 29.8 Å². The van der Waals surface area contributed by atoms with E-state index in [2.05, 4.69) is 32.9 Å². The minimum absolute atomic E-state index is 0.373. The van der Waals surface area contributed by atoms with Crippen LogP contribution < -0.4 is 0 Å². The second-order valence-electron chi connectivity index (χ2n) is 5.26. The van der Waals surface area contributed by atoms with Gasteiger partial charge in [-0.1, -0.05) is 66.0 Å². The predicted octanol–water partition coefficient (Wildman–Crippen LogP) is 6.13. The van der Waals surface area contributed by atoms with Crippen LogP contribution in [0.4, 0.5) is 0 Å². The average Bonchev–Trinajstić information content (AvgIpc) is 2.44. The maximum absolute atomic E-state index is 9.20. The lowest BCUT2D eigenvalue weighted by atomic mass is 9.79. The van der Waals surface area contributed by atoms with Crippen LogP contribution in [0.2, 0.25) is 0 Å². The molecule has 2 rings (SSSR count). The third-order valence-corrected chi connectivity index (χ3v) is 3.38. The van der Waals surface area contributed by atoms with Gasteiger partial charge in [-0.25, -0.2) is 0 Å². The molecule has 1 nitrogen and oxygen atoms in total. The van der Waals surface area contributed by atoms with E-state index in [9.17, 15) is 5.11 Å². The van der Waals surface area contributed by atoms with Gasteiger partial charge in [-0.2, -0.15) is 0 Å². The third-order valence-electron chi connectivity index (χ3n) is 3.38. The normalized spacial score (nSPS) is 21.5. The maximum atomic E-state index is 9.20. The fourth-order valence-electron chi connectivity index (χ4n) is 2.34. The van der Waals surface area contributed by atoms with Crippen molar-refractivity contribution in [3.8, 4) is 5.75 Å². The summed E-state index contributed by atoms with van der Waals surface area (Å²) >= 11 is 0. The van der Waals surface area contributed by atoms with Crippen molar-refractivity contribution < 1.29 is 5.11 Å². The summed E-state index contributed by atoms with van der Waals surface area (Å²) in [5, 5.41) is 9.20. The first-order valence-electron chi connectivity index (χ1n) is 7.96. The van der Waals surface area contributed by atoms with Gasteiger partial charge in [0.2, 0.25) is 0 Å². The van der Waals surface area contributed by atoms with E-state index in [1.54, 1.807) is 12.1 Å². The summed E-state index contributed by atoms with van der Waals surface area (Å²) in [7, 11) is 0. The summed E-state index contributed by atoms with van der Waals surface area (Å²) in [6.07, 6.45) is 6.58. The maximum Gasteiger partial charge on any atom is 0.115 e. The molecule has 0 spiro atoms. The zero-order valence-electron chi connectivity index (χ0n) is 13.4. The molecule has 1 saturated carbocycles. The van der Waals surface area contributed by atoms with Gasteiger partial charge in [0.15, 0.2) is 0 Å². The van der Waals surface area contributed by atoms with Crippen LogP contribution in [0.25, 0.3) is 0 Å². The van der Waals surface area contributed by atoms with Gasteiger partial charge in [0.1, 0.15) is 5.75 Å². The number of hydrogen-bond acceptors (Lipinski definition) is 1. The number of hydrogen-bond donors (Lipinski definition) is 1. The van der Waals surface area contributed by atoms with Crippen molar-refractivity contribution in [2.75, 3.05) is 0 Å². The Morgan fingerprint density at radius 3 is 1.79 bits per heavy atom. The first-order chi connectivity index (χ1) is 9.17. The summed E-state index contributed by atoms with van der Waals surface area (Å²) in [4.78, 5) is 0. The Morgan fingerprint density at radius 2 is 1.37 bits per heavy atom. The van der Waals surface area contributed by atoms with Gasteiger partial charge in [-0.05, 0) is 42.4 Å². The number of benzene rings is 1. The number of phenols is 1. The van der Waals surface area contributed by atoms with Crippen LogP contribution in [-0.4, -0.2) is 5.11 Å². The number of aromatic hydroxyl groups is 1. The second-order valence-corrected chi connectivity index (χ2v) is 5.26. The molecule has 1 fully saturated rings. The van der Waals surface area contributed by atoms with Gasteiger partial charge < -0.3 is 5.11 Å². The SMILES string of the molecule is CC.CC1CCC(c2ccc(O)cc2)CC1.CCC. The van der Waals surface area contributed by atoms with E-state index in [-0.39, 0.29) is 0 Å². The fraction of sp³-hybridized carbons (Fsp3) is 0.667. The molecular formula is C18H32O. The van der Waals surface area contributed by atoms with E-state index < -0.39 is 0 Å². The van der Waals surface area contributed by atoms with Crippen LogP contribution in [0.5, 0.6) is 5.75 Å². The average molecular weight is 264 g/mol. The van der Waals surface area contributed by atoms with Gasteiger partial charge in [0.05, 0.1) is 0 Å². The Morgan fingerprint density at radius 1 is 0.947 bits per heavy atom. The molecule has 0 aliphatic heterocycles. The zero-order valence-corrected chi connectivity index (χ0v) is 13.4. The van der Waals surface area contributed by atoms with E-state index in [1.165, 1.54) is 37.7 Å². The molecule has 0 heterocycles. The van der Waals surface area contributed by atoms with Gasteiger partial charge in [-0.3, -0.25) is 0 Å². The van der Waals surface area contributed by atoms with Crippen molar-refractivity contribution in [2.45, 2.75) is 72.6 Å². The molecule has 1 aromatic carbocycles. The molecule has 0 unspecified atom stereocenters. The standard InChI is InChI=1S/C13H18O.C3H8.C2H6/c1-10-2-4-11(5-3-10)12-6-8-13(14)9-7-12;1-3-2;1-2/h6-11,14H,2-5H2,1H3;3H2,1-2H3;1-2H3. The summed E-state index contributed by atoms with van der Waals surface area (Å²) in [5.74, 6) is 2.01. The first kappa shape index (κ1) is 18.0. The third kappa shape index (κ3) is 7.25. The molecular weight excluding hydrogens is 232 g/mol. The molecule has 19 heavy (non-hydrogen) atoms. The Hall–Kier alpha value is -0.980. The van der Waals surface area contributed by atoms with Crippen molar-refractivity contribution in [2.24, 2.45) is 5.92 Å². The van der Waals surface area contributed by atoms with Crippen LogP contribution in [0.1, 0.15) is 78.2 Å². The highest BCUT2D eigenvalue weighted by atomic mass is 16.3. The smallest absolute Gasteiger partial charge is 0.115 e. The van der Waals surface area contributed by atoms with E-state index in [1.807, 2.05) is 13.8 Å². The quantitative estimate of drug-likeness (QED) is 0.647. The Bertz CT molecular complexity index is 294. The number of rotatable bonds is 1. The van der Waals surface area contributed by atoms with E-state index in [0.717, 1.165) is 11.8 Å². The lowest BCUT2D eigenvalue weighted by Crippen LogP contribution is -2.10. The molecule has 0 saturated heterocycles. The minimum atomic E-state index is 0.373. The molecule has 1 heteroatoms. The van der Waals surface area contributed by atoms with Gasteiger partial charge in [-0.15, -0.1) is 0 Å². The van der Waals surface area contributed by atoms with E-state index in [4.69, 9.17) is 0 Å². The lowest BCUT2D eigenvalue weighted by Gasteiger charge is -2.26. The van der Waals surface area contributed by atoms with Crippen LogP contribution in [-0.2, 0) is 0 Å². The summed E-state index contributed by atoms with van der Waals surface area (Å²) in [6, 6.07) is 7.73. The van der Waals surface area contributed by atoms with Crippen molar-refractivity contribution in [1.82, 2.24) is 0 Å². The van der Waals surface area contributed by atoms with Gasteiger partial charge >= 0.3 is 0 Å². The second kappa shape index (κ2) is 10.9. The van der Waals surface area contributed by atoms with Crippen molar-refractivity contribution in [1.29, 1.82) is 0 Å².